The van der Waals surface area contributed by atoms with Crippen LogP contribution >= 0.6 is 11.6 Å². The number of esters is 3. The number of halogens is 1. The van der Waals surface area contributed by atoms with Crippen molar-refractivity contribution >= 4 is 29.5 Å². The molecule has 3 heterocycles. The van der Waals surface area contributed by atoms with E-state index in [4.69, 9.17) is 30.5 Å². The minimum atomic E-state index is -1.97. The first-order chi connectivity index (χ1) is 14.3. The van der Waals surface area contributed by atoms with Crippen LogP contribution in [0.15, 0.2) is 23.0 Å². The first-order valence-electron chi connectivity index (χ1n) is 10.0. The van der Waals surface area contributed by atoms with Crippen LogP contribution in [-0.4, -0.2) is 63.7 Å². The second kappa shape index (κ2) is 8.20. The molecule has 2 bridgehead atoms. The molecule has 10 heteroatoms. The first kappa shape index (κ1) is 23.7. The maximum atomic E-state index is 12.6. The fraction of sp³-hybridized carbons (Fsp3) is 0.667. The van der Waals surface area contributed by atoms with Crippen LogP contribution in [0.1, 0.15) is 47.0 Å². The van der Waals surface area contributed by atoms with E-state index < -0.39 is 52.8 Å². The highest BCUT2D eigenvalue weighted by Crippen LogP contribution is 2.47. The number of hydrogen-bond donors (Lipinski definition) is 2. The molecule has 3 aliphatic heterocycles. The Morgan fingerprint density at radius 3 is 2.68 bits per heavy atom. The zero-order valence-electron chi connectivity index (χ0n) is 17.9. The Kier molecular flexibility index (Phi) is 6.27. The van der Waals surface area contributed by atoms with Crippen molar-refractivity contribution in [2.24, 2.45) is 5.92 Å². The highest BCUT2D eigenvalue weighted by Gasteiger charge is 2.52. The molecular weight excluding hydrogens is 432 g/mol. The average molecular weight is 459 g/mol. The third kappa shape index (κ3) is 4.64. The van der Waals surface area contributed by atoms with E-state index >= 15 is 0 Å². The summed E-state index contributed by atoms with van der Waals surface area (Å²) in [5.41, 5.74) is -2.66. The average Bonchev–Trinajstić information content (AvgIpc) is 3.15. The second-order valence-corrected chi connectivity index (χ2v) is 9.04. The lowest BCUT2D eigenvalue weighted by molar-refractivity contribution is -0.239. The fourth-order valence-electron chi connectivity index (χ4n) is 3.95. The number of rotatable bonds is 5. The van der Waals surface area contributed by atoms with Crippen LogP contribution in [0.4, 0.5) is 0 Å². The van der Waals surface area contributed by atoms with E-state index in [0.717, 1.165) is 0 Å². The van der Waals surface area contributed by atoms with Gasteiger partial charge in [0.05, 0.1) is 17.1 Å². The quantitative estimate of drug-likeness (QED) is 0.357. The van der Waals surface area contributed by atoms with Crippen LogP contribution in [0.2, 0.25) is 0 Å². The summed E-state index contributed by atoms with van der Waals surface area (Å²) in [7, 11) is 0. The summed E-state index contributed by atoms with van der Waals surface area (Å²) in [4.78, 5) is 36.5. The number of carbonyl (C=O) groups is 3. The number of hydrogen-bond acceptors (Lipinski definition) is 9. The highest BCUT2D eigenvalue weighted by atomic mass is 35.5. The topological polar surface area (TPSA) is 129 Å². The van der Waals surface area contributed by atoms with Crippen molar-refractivity contribution in [2.75, 3.05) is 12.5 Å². The van der Waals surface area contributed by atoms with Gasteiger partial charge in [-0.3, -0.25) is 4.79 Å². The summed E-state index contributed by atoms with van der Waals surface area (Å²) in [6.07, 6.45) is 1.35. The highest BCUT2D eigenvalue weighted by molar-refractivity contribution is 6.20. The Hall–Kier alpha value is -1.94. The third-order valence-corrected chi connectivity index (χ3v) is 6.41. The molecule has 3 rings (SSSR count). The summed E-state index contributed by atoms with van der Waals surface area (Å²) in [5.74, 6) is -4.63. The van der Waals surface area contributed by atoms with Gasteiger partial charge in [0.1, 0.15) is 18.5 Å². The zero-order valence-corrected chi connectivity index (χ0v) is 18.7. The summed E-state index contributed by atoms with van der Waals surface area (Å²) in [5, 5.41) is 21.3. The van der Waals surface area contributed by atoms with Crippen LogP contribution in [0.5, 0.6) is 0 Å². The number of fused-ring (bicyclic) bond motifs is 3. The largest absolute Gasteiger partial charge is 0.461 e. The van der Waals surface area contributed by atoms with Gasteiger partial charge in [-0.15, -0.1) is 11.6 Å². The predicted octanol–water partition coefficient (Wildman–Crippen LogP) is 1.49. The van der Waals surface area contributed by atoms with Crippen molar-refractivity contribution in [3.8, 4) is 0 Å². The van der Waals surface area contributed by atoms with Gasteiger partial charge < -0.3 is 29.2 Å². The van der Waals surface area contributed by atoms with Gasteiger partial charge >= 0.3 is 17.9 Å². The number of carbonyl (C=O) groups excluding carboxylic acids is 3. The van der Waals surface area contributed by atoms with E-state index in [0.29, 0.717) is 12.8 Å². The summed E-state index contributed by atoms with van der Waals surface area (Å²) >= 11 is 5.69. The van der Waals surface area contributed by atoms with Gasteiger partial charge in [-0.25, -0.2) is 9.59 Å². The Bertz CT molecular complexity index is 861. The lowest BCUT2D eigenvalue weighted by Crippen LogP contribution is -2.43. The molecule has 3 aliphatic rings. The zero-order chi connectivity index (χ0) is 23.2. The molecular formula is C21H27ClO9. The first-order valence-corrected chi connectivity index (χ1v) is 10.6. The molecule has 31 heavy (non-hydrogen) atoms. The lowest BCUT2D eigenvalue weighted by Gasteiger charge is -2.33. The number of alkyl halides is 1. The molecule has 0 spiro atoms. The molecule has 1 fully saturated rings. The van der Waals surface area contributed by atoms with Crippen LogP contribution < -0.4 is 0 Å². The predicted molar refractivity (Wildman–Crippen MR) is 107 cm³/mol. The van der Waals surface area contributed by atoms with Crippen LogP contribution in [-0.2, 0) is 33.3 Å². The molecule has 9 nitrogen and oxygen atoms in total. The Morgan fingerprint density at radius 1 is 1.39 bits per heavy atom. The second-order valence-electron chi connectivity index (χ2n) is 8.77. The normalized spacial score (nSPS) is 36.2. The summed E-state index contributed by atoms with van der Waals surface area (Å²) in [6, 6.07) is 0. The van der Waals surface area contributed by atoms with Gasteiger partial charge in [0.25, 0.3) is 0 Å². The van der Waals surface area contributed by atoms with Crippen molar-refractivity contribution in [1.29, 1.82) is 0 Å². The third-order valence-electron chi connectivity index (χ3n) is 5.89. The molecule has 0 aliphatic carbocycles. The minimum absolute atomic E-state index is 0.0188. The molecule has 0 amide bonds. The molecule has 0 aromatic rings. The van der Waals surface area contributed by atoms with Crippen LogP contribution in [0.25, 0.3) is 0 Å². The molecule has 2 N–H and O–H groups in total. The maximum absolute atomic E-state index is 12.6. The molecule has 0 aromatic heterocycles. The molecule has 5 atom stereocenters. The van der Waals surface area contributed by atoms with Crippen LogP contribution in [0.3, 0.4) is 0 Å². The molecule has 0 unspecified atom stereocenters. The Balaban J connectivity index is 2.11. The molecule has 0 saturated carbocycles. The van der Waals surface area contributed by atoms with E-state index in [9.17, 15) is 24.6 Å². The van der Waals surface area contributed by atoms with Crippen molar-refractivity contribution < 1.29 is 43.5 Å². The van der Waals surface area contributed by atoms with E-state index in [1.165, 1.54) is 13.8 Å². The van der Waals surface area contributed by atoms with Gasteiger partial charge in [0.2, 0.25) is 0 Å². The molecule has 0 radical (unpaired) electrons. The molecule has 172 valence electrons. The van der Waals surface area contributed by atoms with E-state index in [1.54, 1.807) is 19.9 Å². The minimum Gasteiger partial charge on any atom is -0.461 e. The standard InChI is InChI=1S/C21H27ClO9/c1-11-7-14(30-18(25)20(4,26)10-22)16-13(9-28-12(2)23)17(24)29-15(16)8-19(3)5-6-21(11,27)31-19/h8,11,14,26-27H,5-7,9-10H2,1-4H3/b15-8+/t11-,14+,19-,20-,21+/m1/s1. The summed E-state index contributed by atoms with van der Waals surface area (Å²) < 4.78 is 22.0. The van der Waals surface area contributed by atoms with Crippen molar-refractivity contribution in [1.82, 2.24) is 0 Å². The van der Waals surface area contributed by atoms with Gasteiger partial charge in [-0.1, -0.05) is 6.92 Å². The van der Waals surface area contributed by atoms with Gasteiger partial charge in [-0.05, 0) is 32.8 Å². The van der Waals surface area contributed by atoms with Gasteiger partial charge in [0.15, 0.2) is 11.4 Å². The Morgan fingerprint density at radius 2 is 2.06 bits per heavy atom. The van der Waals surface area contributed by atoms with E-state index in [1.807, 2.05) is 0 Å². The fourth-order valence-corrected chi connectivity index (χ4v) is 4.05. The van der Waals surface area contributed by atoms with Gasteiger partial charge in [-0.2, -0.15) is 0 Å². The SMILES string of the molecule is CC(=O)OCC1=C2/C(=C\[C@@]3(C)CC[C@](O)(O3)[C@H](C)C[C@@H]2OC(=O)[C@](C)(O)CCl)OC1=O. The van der Waals surface area contributed by atoms with E-state index in [2.05, 4.69) is 0 Å². The summed E-state index contributed by atoms with van der Waals surface area (Å²) in [6.45, 7) is 5.52. The maximum Gasteiger partial charge on any atom is 0.343 e. The number of aliphatic hydroxyl groups is 2. The molecule has 1 saturated heterocycles. The smallest absolute Gasteiger partial charge is 0.343 e. The van der Waals surface area contributed by atoms with E-state index in [-0.39, 0.29) is 29.9 Å². The number of ether oxygens (including phenoxy) is 4. The van der Waals surface area contributed by atoms with Crippen molar-refractivity contribution in [2.45, 2.75) is 70.1 Å². The monoisotopic (exact) mass is 458 g/mol. The Labute approximate surface area is 184 Å². The van der Waals surface area contributed by atoms with Crippen LogP contribution in [0, 0.1) is 5.92 Å². The molecule has 0 aromatic carbocycles. The van der Waals surface area contributed by atoms with Crippen molar-refractivity contribution in [3.63, 3.8) is 0 Å². The lowest BCUT2D eigenvalue weighted by atomic mass is 9.85. The van der Waals surface area contributed by atoms with Crippen molar-refractivity contribution in [3.05, 3.63) is 23.0 Å². The van der Waals surface area contributed by atoms with Gasteiger partial charge in [0, 0.05) is 24.8 Å².